The lowest BCUT2D eigenvalue weighted by atomic mass is 10.2. The lowest BCUT2D eigenvalue weighted by molar-refractivity contribution is -0.114. The van der Waals surface area contributed by atoms with Crippen molar-refractivity contribution in [1.29, 1.82) is 0 Å². The van der Waals surface area contributed by atoms with Crippen LogP contribution in [0.2, 0.25) is 0 Å². The maximum atomic E-state index is 11.9. The van der Waals surface area contributed by atoms with E-state index >= 15 is 0 Å². The molecule has 0 saturated carbocycles. The van der Waals surface area contributed by atoms with Crippen LogP contribution in [0.3, 0.4) is 0 Å². The van der Waals surface area contributed by atoms with E-state index in [1.807, 2.05) is 31.2 Å². The molecule has 0 unspecified atom stereocenters. The fraction of sp³-hybridized carbons (Fsp3) is 0.222. The molecule has 2 amide bonds. The summed E-state index contributed by atoms with van der Waals surface area (Å²) in [6, 6.07) is 14.6. The zero-order valence-electron chi connectivity index (χ0n) is 13.4. The third-order valence-corrected chi connectivity index (χ3v) is 4.09. The van der Waals surface area contributed by atoms with E-state index in [4.69, 9.17) is 5.11 Å². The molecule has 0 aromatic heterocycles. The fourth-order valence-corrected chi connectivity index (χ4v) is 2.72. The van der Waals surface area contributed by atoms with E-state index in [0.29, 0.717) is 5.69 Å². The SMILES string of the molecule is Cc1cccc(NC(=O)CSCC(=O)Nc2cccc(CO)c2)c1. The van der Waals surface area contributed by atoms with Crippen molar-refractivity contribution in [3.8, 4) is 0 Å². The Bertz CT molecular complexity index is 719. The van der Waals surface area contributed by atoms with Crippen LogP contribution in [0.1, 0.15) is 11.1 Å². The number of amides is 2. The average molecular weight is 344 g/mol. The molecule has 0 heterocycles. The number of benzene rings is 2. The van der Waals surface area contributed by atoms with Crippen molar-refractivity contribution >= 4 is 35.0 Å². The minimum atomic E-state index is -0.182. The van der Waals surface area contributed by atoms with Gasteiger partial charge in [0.2, 0.25) is 11.8 Å². The van der Waals surface area contributed by atoms with E-state index in [1.54, 1.807) is 24.3 Å². The van der Waals surface area contributed by atoms with Gasteiger partial charge in [-0.2, -0.15) is 0 Å². The highest BCUT2D eigenvalue weighted by atomic mass is 32.2. The summed E-state index contributed by atoms with van der Waals surface area (Å²) < 4.78 is 0. The molecule has 0 fully saturated rings. The highest BCUT2D eigenvalue weighted by Gasteiger charge is 2.07. The molecule has 0 aliphatic heterocycles. The second-order valence-electron chi connectivity index (χ2n) is 5.32. The molecule has 0 radical (unpaired) electrons. The van der Waals surface area contributed by atoms with Crippen molar-refractivity contribution in [1.82, 2.24) is 0 Å². The van der Waals surface area contributed by atoms with E-state index in [-0.39, 0.29) is 29.9 Å². The lowest BCUT2D eigenvalue weighted by Crippen LogP contribution is -2.18. The van der Waals surface area contributed by atoms with Gasteiger partial charge in [0.05, 0.1) is 18.1 Å². The van der Waals surface area contributed by atoms with Crippen LogP contribution in [0.4, 0.5) is 11.4 Å². The van der Waals surface area contributed by atoms with Gasteiger partial charge in [0.1, 0.15) is 0 Å². The van der Waals surface area contributed by atoms with Crippen molar-refractivity contribution in [3.63, 3.8) is 0 Å². The number of rotatable bonds is 7. The highest BCUT2D eigenvalue weighted by molar-refractivity contribution is 8.00. The number of anilines is 2. The molecule has 0 atom stereocenters. The normalized spacial score (nSPS) is 10.2. The Morgan fingerprint density at radius 2 is 1.54 bits per heavy atom. The van der Waals surface area contributed by atoms with E-state index in [9.17, 15) is 9.59 Å². The number of carbonyl (C=O) groups is 2. The molecule has 0 spiro atoms. The molecule has 0 aliphatic carbocycles. The Hall–Kier alpha value is -2.31. The molecule has 2 rings (SSSR count). The van der Waals surface area contributed by atoms with Gasteiger partial charge < -0.3 is 15.7 Å². The molecule has 126 valence electrons. The first-order chi connectivity index (χ1) is 11.6. The smallest absolute Gasteiger partial charge is 0.234 e. The van der Waals surface area contributed by atoms with Crippen LogP contribution < -0.4 is 10.6 Å². The van der Waals surface area contributed by atoms with Crippen LogP contribution in [0.25, 0.3) is 0 Å². The van der Waals surface area contributed by atoms with Crippen LogP contribution >= 0.6 is 11.8 Å². The van der Waals surface area contributed by atoms with Crippen LogP contribution in [0.5, 0.6) is 0 Å². The first kappa shape index (κ1) is 18.0. The Morgan fingerprint density at radius 3 is 2.12 bits per heavy atom. The van der Waals surface area contributed by atoms with Crippen molar-refractivity contribution in [3.05, 3.63) is 59.7 Å². The molecule has 2 aromatic carbocycles. The van der Waals surface area contributed by atoms with Crippen molar-refractivity contribution < 1.29 is 14.7 Å². The summed E-state index contributed by atoms with van der Waals surface area (Å²) in [6.45, 7) is 1.89. The second kappa shape index (κ2) is 9.10. The topological polar surface area (TPSA) is 78.4 Å². The first-order valence-corrected chi connectivity index (χ1v) is 8.66. The van der Waals surface area contributed by atoms with Gasteiger partial charge in [-0.3, -0.25) is 9.59 Å². The minimum absolute atomic E-state index is 0.0718. The number of hydrogen-bond donors (Lipinski definition) is 3. The molecule has 5 nitrogen and oxygen atoms in total. The lowest BCUT2D eigenvalue weighted by Gasteiger charge is -2.07. The number of aryl methyl sites for hydroxylation is 1. The molecular weight excluding hydrogens is 324 g/mol. The summed E-state index contributed by atoms with van der Waals surface area (Å²) in [5.41, 5.74) is 3.20. The zero-order valence-corrected chi connectivity index (χ0v) is 14.2. The largest absolute Gasteiger partial charge is 0.392 e. The van der Waals surface area contributed by atoms with E-state index in [0.717, 1.165) is 16.8 Å². The summed E-state index contributed by atoms with van der Waals surface area (Å²) in [6.07, 6.45) is 0. The Morgan fingerprint density at radius 1 is 0.958 bits per heavy atom. The highest BCUT2D eigenvalue weighted by Crippen LogP contribution is 2.13. The third-order valence-electron chi connectivity index (χ3n) is 3.16. The molecule has 24 heavy (non-hydrogen) atoms. The number of thioether (sulfide) groups is 1. The number of hydrogen-bond acceptors (Lipinski definition) is 4. The Labute approximate surface area is 145 Å². The van der Waals surface area contributed by atoms with E-state index < -0.39 is 0 Å². The van der Waals surface area contributed by atoms with Crippen molar-refractivity contribution in [2.75, 3.05) is 22.1 Å². The van der Waals surface area contributed by atoms with Gasteiger partial charge in [-0.25, -0.2) is 0 Å². The summed E-state index contributed by atoms with van der Waals surface area (Å²) >= 11 is 1.25. The monoisotopic (exact) mass is 344 g/mol. The molecule has 2 aromatic rings. The molecular formula is C18H20N2O3S. The maximum Gasteiger partial charge on any atom is 0.234 e. The van der Waals surface area contributed by atoms with Gasteiger partial charge in [0, 0.05) is 11.4 Å². The van der Waals surface area contributed by atoms with Gasteiger partial charge >= 0.3 is 0 Å². The van der Waals surface area contributed by atoms with Crippen molar-refractivity contribution in [2.24, 2.45) is 0 Å². The number of aliphatic hydroxyl groups excluding tert-OH is 1. The van der Waals surface area contributed by atoms with E-state index in [2.05, 4.69) is 10.6 Å². The number of carbonyl (C=O) groups excluding carboxylic acids is 2. The Balaban J connectivity index is 1.72. The number of aliphatic hydroxyl groups is 1. The summed E-state index contributed by atoms with van der Waals surface area (Å²) in [5, 5.41) is 14.6. The molecule has 3 N–H and O–H groups in total. The van der Waals surface area contributed by atoms with Gasteiger partial charge in [-0.05, 0) is 42.3 Å². The molecule has 6 heteroatoms. The second-order valence-corrected chi connectivity index (χ2v) is 6.30. The van der Waals surface area contributed by atoms with Gasteiger partial charge in [-0.1, -0.05) is 24.3 Å². The van der Waals surface area contributed by atoms with Crippen LogP contribution in [0.15, 0.2) is 48.5 Å². The summed E-state index contributed by atoms with van der Waals surface area (Å²) in [5.74, 6) is 0.0712. The Kier molecular flexibility index (Phi) is 6.84. The number of nitrogens with one attached hydrogen (secondary N) is 2. The summed E-state index contributed by atoms with van der Waals surface area (Å²) in [7, 11) is 0. The summed E-state index contributed by atoms with van der Waals surface area (Å²) in [4.78, 5) is 23.7. The van der Waals surface area contributed by atoms with Crippen LogP contribution in [-0.4, -0.2) is 28.4 Å². The molecule has 0 bridgehead atoms. The maximum absolute atomic E-state index is 11.9. The molecule has 0 saturated heterocycles. The first-order valence-electron chi connectivity index (χ1n) is 7.51. The minimum Gasteiger partial charge on any atom is -0.392 e. The van der Waals surface area contributed by atoms with Crippen LogP contribution in [-0.2, 0) is 16.2 Å². The van der Waals surface area contributed by atoms with Crippen LogP contribution in [0, 0.1) is 6.92 Å². The standard InChI is InChI=1S/C18H20N2O3S/c1-13-4-2-6-15(8-13)19-17(22)11-24-12-18(23)20-16-7-3-5-14(9-16)10-21/h2-9,21H,10-12H2,1H3,(H,19,22)(H,20,23). The molecule has 0 aliphatic rings. The average Bonchev–Trinajstić information content (AvgIpc) is 2.55. The predicted molar refractivity (Wildman–Crippen MR) is 98.1 cm³/mol. The van der Waals surface area contributed by atoms with Crippen molar-refractivity contribution in [2.45, 2.75) is 13.5 Å². The van der Waals surface area contributed by atoms with Gasteiger partial charge in [0.25, 0.3) is 0 Å². The van der Waals surface area contributed by atoms with Gasteiger partial charge in [0.15, 0.2) is 0 Å². The quantitative estimate of drug-likeness (QED) is 0.722. The predicted octanol–water partition coefficient (Wildman–Crippen LogP) is 2.80. The van der Waals surface area contributed by atoms with E-state index in [1.165, 1.54) is 11.8 Å². The third kappa shape index (κ3) is 6.06. The fourth-order valence-electron chi connectivity index (χ4n) is 2.10. The zero-order chi connectivity index (χ0) is 17.4. The van der Waals surface area contributed by atoms with Gasteiger partial charge in [-0.15, -0.1) is 11.8 Å².